The summed E-state index contributed by atoms with van der Waals surface area (Å²) in [7, 11) is 0. The van der Waals surface area contributed by atoms with E-state index in [1.165, 1.54) is 30.4 Å². The van der Waals surface area contributed by atoms with E-state index in [4.69, 9.17) is 4.74 Å². The second-order valence-electron chi connectivity index (χ2n) is 5.01. The Morgan fingerprint density at radius 3 is 2.33 bits per heavy atom. The first-order valence-electron chi connectivity index (χ1n) is 7.07. The first-order chi connectivity index (χ1) is 11.5. The van der Waals surface area contributed by atoms with Crippen molar-refractivity contribution in [2.45, 2.75) is 6.92 Å². The first kappa shape index (κ1) is 16.0. The van der Waals surface area contributed by atoms with Crippen LogP contribution in [0.15, 0.2) is 53.9 Å². The SMILES string of the molecule is CC(=O)c1ccc(OC(=O)c2csc(-c3ccc(F)cc3)n2)cc1. The maximum atomic E-state index is 12.9. The maximum absolute atomic E-state index is 12.9. The molecule has 2 aromatic carbocycles. The van der Waals surface area contributed by atoms with Crippen LogP contribution in [0.25, 0.3) is 10.6 Å². The highest BCUT2D eigenvalue weighted by molar-refractivity contribution is 7.13. The minimum atomic E-state index is -0.588. The summed E-state index contributed by atoms with van der Waals surface area (Å²) in [4.78, 5) is 27.6. The molecule has 6 heteroatoms. The number of ether oxygens (including phenoxy) is 1. The number of thiazole rings is 1. The lowest BCUT2D eigenvalue weighted by molar-refractivity contribution is 0.0729. The Morgan fingerprint density at radius 2 is 1.71 bits per heavy atom. The number of aromatic nitrogens is 1. The van der Waals surface area contributed by atoms with Gasteiger partial charge in [0.05, 0.1) is 0 Å². The molecule has 0 atom stereocenters. The monoisotopic (exact) mass is 341 g/mol. The van der Waals surface area contributed by atoms with Gasteiger partial charge in [-0.15, -0.1) is 11.3 Å². The number of rotatable bonds is 4. The Balaban J connectivity index is 1.73. The van der Waals surface area contributed by atoms with Gasteiger partial charge in [-0.3, -0.25) is 4.79 Å². The summed E-state index contributed by atoms with van der Waals surface area (Å²) in [6, 6.07) is 12.2. The van der Waals surface area contributed by atoms with E-state index in [-0.39, 0.29) is 17.3 Å². The molecule has 0 aliphatic carbocycles. The molecule has 0 saturated heterocycles. The lowest BCUT2D eigenvalue weighted by Gasteiger charge is -2.03. The molecule has 0 aliphatic rings. The minimum absolute atomic E-state index is 0.0590. The van der Waals surface area contributed by atoms with Crippen LogP contribution in [0.4, 0.5) is 4.39 Å². The summed E-state index contributed by atoms with van der Waals surface area (Å²) in [6.07, 6.45) is 0. The van der Waals surface area contributed by atoms with Crippen molar-refractivity contribution in [3.63, 3.8) is 0 Å². The van der Waals surface area contributed by atoms with Crippen molar-refractivity contribution in [3.8, 4) is 16.3 Å². The zero-order valence-corrected chi connectivity index (χ0v) is 13.5. The van der Waals surface area contributed by atoms with Crippen molar-refractivity contribution in [3.05, 3.63) is 71.0 Å². The van der Waals surface area contributed by atoms with Crippen molar-refractivity contribution < 1.29 is 18.7 Å². The molecule has 0 amide bonds. The summed E-state index contributed by atoms with van der Waals surface area (Å²) >= 11 is 1.27. The Kier molecular flexibility index (Phi) is 4.48. The van der Waals surface area contributed by atoms with Crippen molar-refractivity contribution in [1.29, 1.82) is 0 Å². The van der Waals surface area contributed by atoms with Gasteiger partial charge >= 0.3 is 5.97 Å². The van der Waals surface area contributed by atoms with Crippen molar-refractivity contribution in [2.24, 2.45) is 0 Å². The molecule has 0 aliphatic heterocycles. The molecular weight excluding hydrogens is 329 g/mol. The highest BCUT2D eigenvalue weighted by Gasteiger charge is 2.14. The quantitative estimate of drug-likeness (QED) is 0.402. The van der Waals surface area contributed by atoms with Crippen LogP contribution in [0, 0.1) is 5.82 Å². The second kappa shape index (κ2) is 6.72. The van der Waals surface area contributed by atoms with Gasteiger partial charge in [-0.2, -0.15) is 0 Å². The van der Waals surface area contributed by atoms with Crippen LogP contribution in [0.2, 0.25) is 0 Å². The van der Waals surface area contributed by atoms with Crippen molar-refractivity contribution in [2.75, 3.05) is 0 Å². The number of esters is 1. The molecular formula is C18H12FNO3S. The van der Waals surface area contributed by atoms with E-state index in [9.17, 15) is 14.0 Å². The summed E-state index contributed by atoms with van der Waals surface area (Å²) in [6.45, 7) is 1.47. The van der Waals surface area contributed by atoms with Crippen LogP contribution in [0.5, 0.6) is 5.75 Å². The highest BCUT2D eigenvalue weighted by Crippen LogP contribution is 2.24. The van der Waals surface area contributed by atoms with E-state index in [2.05, 4.69) is 4.98 Å². The molecule has 0 N–H and O–H groups in total. The number of ketones is 1. The van der Waals surface area contributed by atoms with Gasteiger partial charge in [0.15, 0.2) is 11.5 Å². The lowest BCUT2D eigenvalue weighted by atomic mass is 10.1. The van der Waals surface area contributed by atoms with Gasteiger partial charge in [0.1, 0.15) is 16.6 Å². The molecule has 0 radical (unpaired) electrons. The van der Waals surface area contributed by atoms with Gasteiger partial charge in [-0.1, -0.05) is 0 Å². The molecule has 3 aromatic rings. The number of Topliss-reactive ketones (excluding diaryl/α,β-unsaturated/α-hetero) is 1. The number of benzene rings is 2. The van der Waals surface area contributed by atoms with Crippen LogP contribution in [0.3, 0.4) is 0 Å². The van der Waals surface area contributed by atoms with E-state index in [1.807, 2.05) is 0 Å². The van der Waals surface area contributed by atoms with E-state index < -0.39 is 5.97 Å². The van der Waals surface area contributed by atoms with Crippen molar-refractivity contribution in [1.82, 2.24) is 4.98 Å². The average Bonchev–Trinajstić information content (AvgIpc) is 3.06. The predicted molar refractivity (Wildman–Crippen MR) is 88.9 cm³/mol. The Hall–Kier alpha value is -2.86. The van der Waals surface area contributed by atoms with Gasteiger partial charge in [-0.05, 0) is 55.5 Å². The Bertz CT molecular complexity index is 885. The molecule has 4 nitrogen and oxygen atoms in total. The molecule has 0 unspecified atom stereocenters. The fourth-order valence-electron chi connectivity index (χ4n) is 2.01. The summed E-state index contributed by atoms with van der Waals surface area (Å²) in [5, 5.41) is 2.19. The fourth-order valence-corrected chi connectivity index (χ4v) is 2.80. The first-order valence-corrected chi connectivity index (χ1v) is 7.95. The smallest absolute Gasteiger partial charge is 0.363 e. The third kappa shape index (κ3) is 3.55. The number of hydrogen-bond acceptors (Lipinski definition) is 5. The maximum Gasteiger partial charge on any atom is 0.363 e. The lowest BCUT2D eigenvalue weighted by Crippen LogP contribution is -2.09. The molecule has 3 rings (SSSR count). The molecule has 1 aromatic heterocycles. The van der Waals surface area contributed by atoms with E-state index >= 15 is 0 Å². The zero-order valence-electron chi connectivity index (χ0n) is 12.7. The molecule has 0 spiro atoms. The van der Waals surface area contributed by atoms with E-state index in [1.54, 1.807) is 41.8 Å². The topological polar surface area (TPSA) is 56.3 Å². The fraction of sp³-hybridized carbons (Fsp3) is 0.0556. The summed E-state index contributed by atoms with van der Waals surface area (Å²) in [5.74, 6) is -0.642. The highest BCUT2D eigenvalue weighted by atomic mass is 32.1. The van der Waals surface area contributed by atoms with E-state index in [0.29, 0.717) is 16.3 Å². The number of hydrogen-bond donors (Lipinski definition) is 0. The predicted octanol–water partition coefficient (Wildman–Crippen LogP) is 4.37. The average molecular weight is 341 g/mol. The minimum Gasteiger partial charge on any atom is -0.422 e. The number of halogens is 1. The summed E-state index contributed by atoms with van der Waals surface area (Å²) in [5.41, 5.74) is 1.45. The molecule has 0 saturated carbocycles. The van der Waals surface area contributed by atoms with Gasteiger partial charge in [0.25, 0.3) is 0 Å². The van der Waals surface area contributed by atoms with Crippen LogP contribution in [0.1, 0.15) is 27.8 Å². The van der Waals surface area contributed by atoms with Crippen LogP contribution in [-0.2, 0) is 0 Å². The second-order valence-corrected chi connectivity index (χ2v) is 5.87. The number of carbonyl (C=O) groups excluding carboxylic acids is 2. The van der Waals surface area contributed by atoms with Gasteiger partial charge in [-0.25, -0.2) is 14.2 Å². The third-order valence-electron chi connectivity index (χ3n) is 3.28. The standard InChI is InChI=1S/C18H12FNO3S/c1-11(21)12-4-8-15(9-5-12)23-18(22)16-10-24-17(20-16)13-2-6-14(19)7-3-13/h2-10H,1H3. The van der Waals surface area contributed by atoms with Gasteiger partial charge < -0.3 is 4.74 Å². The van der Waals surface area contributed by atoms with Crippen molar-refractivity contribution >= 4 is 23.1 Å². The Labute approximate surface area is 141 Å². The molecule has 0 fully saturated rings. The molecule has 0 bridgehead atoms. The van der Waals surface area contributed by atoms with Crippen LogP contribution >= 0.6 is 11.3 Å². The normalized spacial score (nSPS) is 10.4. The number of nitrogens with zero attached hydrogens (tertiary/aromatic N) is 1. The molecule has 1 heterocycles. The van der Waals surface area contributed by atoms with Crippen LogP contribution in [-0.4, -0.2) is 16.7 Å². The third-order valence-corrected chi connectivity index (χ3v) is 4.17. The number of carbonyl (C=O) groups is 2. The van der Waals surface area contributed by atoms with Gasteiger partial charge in [0.2, 0.25) is 0 Å². The molecule has 120 valence electrons. The van der Waals surface area contributed by atoms with Crippen LogP contribution < -0.4 is 4.74 Å². The summed E-state index contributed by atoms with van der Waals surface area (Å²) < 4.78 is 18.2. The van der Waals surface area contributed by atoms with Gasteiger partial charge in [0, 0.05) is 16.5 Å². The van der Waals surface area contributed by atoms with E-state index in [0.717, 1.165) is 5.56 Å². The Morgan fingerprint density at radius 1 is 1.04 bits per heavy atom. The molecule has 24 heavy (non-hydrogen) atoms. The zero-order chi connectivity index (χ0) is 17.1. The largest absolute Gasteiger partial charge is 0.422 e.